The van der Waals surface area contributed by atoms with Crippen LogP contribution in [0.2, 0.25) is 0 Å². The lowest BCUT2D eigenvalue weighted by atomic mass is 10.1. The van der Waals surface area contributed by atoms with Crippen LogP contribution in [0.15, 0.2) is 29.3 Å². The van der Waals surface area contributed by atoms with E-state index in [-0.39, 0.29) is 11.4 Å². The van der Waals surface area contributed by atoms with E-state index in [9.17, 15) is 4.39 Å². The predicted octanol–water partition coefficient (Wildman–Crippen LogP) is 4.43. The van der Waals surface area contributed by atoms with E-state index in [4.69, 9.17) is 4.74 Å². The highest BCUT2D eigenvalue weighted by atomic mass is 19.1. The Morgan fingerprint density at radius 3 is 1.94 bits per heavy atom. The molecule has 2 rings (SSSR count). The summed E-state index contributed by atoms with van der Waals surface area (Å²) in [6.07, 6.45) is 0. The number of nitrogens with zero attached hydrogens (tertiary/aromatic N) is 1. The molecule has 0 saturated heterocycles. The summed E-state index contributed by atoms with van der Waals surface area (Å²) in [5.74, 6) is 0.363. The van der Waals surface area contributed by atoms with Crippen molar-refractivity contribution in [1.82, 2.24) is 0 Å². The molecule has 0 aliphatic carbocycles. The van der Waals surface area contributed by atoms with Gasteiger partial charge in [-0.3, -0.25) is 0 Å². The van der Waals surface area contributed by atoms with Crippen molar-refractivity contribution in [3.8, 4) is 0 Å². The molecule has 1 heterocycles. The summed E-state index contributed by atoms with van der Waals surface area (Å²) in [6, 6.07) is 6.17. The summed E-state index contributed by atoms with van der Waals surface area (Å²) in [5.41, 5.74) is 0.598. The first-order chi connectivity index (χ1) is 8.57. The summed E-state index contributed by atoms with van der Waals surface area (Å²) in [4.78, 5) is 4.26. The number of aliphatic imine (C=N–C) groups is 1. The van der Waals surface area contributed by atoms with Crippen molar-refractivity contribution in [2.75, 3.05) is 6.54 Å². The summed E-state index contributed by atoms with van der Waals surface area (Å²) >= 11 is 0. The fourth-order valence-corrected chi connectivity index (χ4v) is 1.33. The molecule has 3 heteroatoms. The number of rotatable bonds is 1. The topological polar surface area (TPSA) is 21.6 Å². The van der Waals surface area contributed by atoms with Crippen molar-refractivity contribution in [2.24, 2.45) is 4.99 Å². The maximum absolute atomic E-state index is 12.6. The lowest BCUT2D eigenvalue weighted by Gasteiger charge is -2.17. The van der Waals surface area contributed by atoms with Crippen molar-refractivity contribution >= 4 is 5.90 Å². The zero-order valence-corrected chi connectivity index (χ0v) is 12.2. The first-order valence-corrected chi connectivity index (χ1v) is 6.56. The van der Waals surface area contributed by atoms with E-state index in [1.54, 1.807) is 12.1 Å². The smallest absolute Gasteiger partial charge is 0.216 e. The third-order valence-corrected chi connectivity index (χ3v) is 2.07. The van der Waals surface area contributed by atoms with Gasteiger partial charge in [0.2, 0.25) is 5.90 Å². The van der Waals surface area contributed by atoms with E-state index in [2.05, 4.69) is 4.99 Å². The normalized spacial score (nSPS) is 15.4. The molecule has 1 aliphatic rings. The van der Waals surface area contributed by atoms with Gasteiger partial charge in [-0.05, 0) is 38.1 Å². The van der Waals surface area contributed by atoms with E-state index >= 15 is 0 Å². The van der Waals surface area contributed by atoms with Crippen molar-refractivity contribution < 1.29 is 9.13 Å². The Bertz CT molecular complexity index is 369. The van der Waals surface area contributed by atoms with Crippen molar-refractivity contribution in [3.63, 3.8) is 0 Å². The van der Waals surface area contributed by atoms with Gasteiger partial charge in [0.15, 0.2) is 0 Å². The van der Waals surface area contributed by atoms with Crippen molar-refractivity contribution in [3.05, 3.63) is 35.6 Å². The van der Waals surface area contributed by atoms with Gasteiger partial charge in [-0.25, -0.2) is 9.38 Å². The van der Waals surface area contributed by atoms with E-state index in [0.29, 0.717) is 12.4 Å². The minimum atomic E-state index is -0.244. The SMILES string of the molecule is CC.CC.CC1(C)CN=C(c2ccc(F)cc2)O1. The molecule has 0 radical (unpaired) electrons. The van der Waals surface area contributed by atoms with Gasteiger partial charge in [-0.1, -0.05) is 27.7 Å². The van der Waals surface area contributed by atoms with Crippen LogP contribution in [-0.4, -0.2) is 18.0 Å². The van der Waals surface area contributed by atoms with E-state index < -0.39 is 0 Å². The zero-order valence-electron chi connectivity index (χ0n) is 12.2. The molecule has 0 bridgehead atoms. The average Bonchev–Trinajstić information content (AvgIpc) is 2.76. The standard InChI is InChI=1S/C11H12FNO.2C2H6/c1-11(2)7-13-10(14-11)8-3-5-9(12)6-4-8;2*1-2/h3-6H,7H2,1-2H3;2*1-2H3. The summed E-state index contributed by atoms with van der Waals surface area (Å²) < 4.78 is 18.2. The molecule has 0 saturated carbocycles. The number of halogens is 1. The van der Waals surface area contributed by atoms with Crippen molar-refractivity contribution in [1.29, 1.82) is 0 Å². The van der Waals surface area contributed by atoms with E-state index in [1.165, 1.54) is 12.1 Å². The second-order valence-electron chi connectivity index (χ2n) is 3.99. The maximum atomic E-state index is 12.6. The quantitative estimate of drug-likeness (QED) is 0.725. The largest absolute Gasteiger partial charge is 0.469 e. The Balaban J connectivity index is 0.000000659. The summed E-state index contributed by atoms with van der Waals surface area (Å²) in [6.45, 7) is 12.6. The minimum Gasteiger partial charge on any atom is -0.469 e. The van der Waals surface area contributed by atoms with Gasteiger partial charge in [-0.2, -0.15) is 0 Å². The molecule has 0 N–H and O–H groups in total. The first kappa shape index (κ1) is 16.6. The fraction of sp³-hybridized carbons (Fsp3) is 0.533. The van der Waals surface area contributed by atoms with Crippen LogP contribution in [0.3, 0.4) is 0 Å². The van der Waals surface area contributed by atoms with Crippen molar-refractivity contribution in [2.45, 2.75) is 47.1 Å². The maximum Gasteiger partial charge on any atom is 0.216 e. The van der Waals surface area contributed by atoms with Crippen LogP contribution in [0.5, 0.6) is 0 Å². The lowest BCUT2D eigenvalue weighted by molar-refractivity contribution is 0.131. The molecule has 0 aromatic heterocycles. The first-order valence-electron chi connectivity index (χ1n) is 6.56. The second kappa shape index (κ2) is 7.85. The van der Waals surface area contributed by atoms with Gasteiger partial charge >= 0.3 is 0 Å². The molecule has 2 nitrogen and oxygen atoms in total. The molecule has 1 aromatic carbocycles. The van der Waals surface area contributed by atoms with Crippen LogP contribution in [0, 0.1) is 5.82 Å². The molecule has 0 unspecified atom stereocenters. The third-order valence-electron chi connectivity index (χ3n) is 2.07. The van der Waals surface area contributed by atoms with E-state index in [0.717, 1.165) is 5.56 Å². The molecule has 0 fully saturated rings. The van der Waals surface area contributed by atoms with Crippen LogP contribution in [0.4, 0.5) is 4.39 Å². The van der Waals surface area contributed by atoms with Crippen LogP contribution in [-0.2, 0) is 4.74 Å². The Kier molecular flexibility index (Phi) is 7.25. The van der Waals surface area contributed by atoms with Crippen LogP contribution in [0.1, 0.15) is 47.1 Å². The van der Waals surface area contributed by atoms with Gasteiger partial charge in [0, 0.05) is 5.56 Å². The molecule has 0 spiro atoms. The lowest BCUT2D eigenvalue weighted by Crippen LogP contribution is -2.24. The molecule has 0 amide bonds. The average molecular weight is 253 g/mol. The Hall–Kier alpha value is -1.38. The highest BCUT2D eigenvalue weighted by molar-refractivity contribution is 5.95. The Morgan fingerprint density at radius 2 is 1.56 bits per heavy atom. The van der Waals surface area contributed by atoms with Gasteiger partial charge in [0.25, 0.3) is 0 Å². The van der Waals surface area contributed by atoms with Gasteiger partial charge in [0.05, 0.1) is 6.54 Å². The summed E-state index contributed by atoms with van der Waals surface area (Å²) in [5, 5.41) is 0. The second-order valence-corrected chi connectivity index (χ2v) is 3.99. The molecule has 102 valence electrons. The fourth-order valence-electron chi connectivity index (χ4n) is 1.33. The zero-order chi connectivity index (χ0) is 14.2. The molecule has 0 atom stereocenters. The van der Waals surface area contributed by atoms with Gasteiger partial charge in [0.1, 0.15) is 11.4 Å². The van der Waals surface area contributed by atoms with Crippen LogP contribution in [0.25, 0.3) is 0 Å². The number of benzene rings is 1. The van der Waals surface area contributed by atoms with Gasteiger partial charge < -0.3 is 4.74 Å². The molecule has 1 aliphatic heterocycles. The number of hydrogen-bond donors (Lipinski definition) is 0. The van der Waals surface area contributed by atoms with Crippen LogP contribution >= 0.6 is 0 Å². The Labute approximate surface area is 110 Å². The summed E-state index contributed by atoms with van der Waals surface area (Å²) in [7, 11) is 0. The van der Waals surface area contributed by atoms with E-state index in [1.807, 2.05) is 41.5 Å². The molecule has 1 aromatic rings. The highest BCUT2D eigenvalue weighted by Gasteiger charge is 2.27. The number of hydrogen-bond acceptors (Lipinski definition) is 2. The monoisotopic (exact) mass is 253 g/mol. The Morgan fingerprint density at radius 1 is 1.06 bits per heavy atom. The highest BCUT2D eigenvalue weighted by Crippen LogP contribution is 2.20. The minimum absolute atomic E-state index is 0.232. The van der Waals surface area contributed by atoms with Gasteiger partial charge in [-0.15, -0.1) is 0 Å². The third kappa shape index (κ3) is 4.86. The molecular weight excluding hydrogens is 229 g/mol. The number of ether oxygens (including phenoxy) is 1. The molecular formula is C15H24FNO. The predicted molar refractivity (Wildman–Crippen MR) is 75.7 cm³/mol. The van der Waals surface area contributed by atoms with Crippen LogP contribution < -0.4 is 0 Å². The molecule has 18 heavy (non-hydrogen) atoms.